The van der Waals surface area contributed by atoms with Crippen LogP contribution in [0, 0.1) is 0 Å². The molecule has 0 spiro atoms. The average Bonchev–Trinajstić information content (AvgIpc) is 0. The van der Waals surface area contributed by atoms with Crippen molar-refractivity contribution in [1.29, 1.82) is 0 Å². The van der Waals surface area contributed by atoms with E-state index in [9.17, 15) is 0 Å². The molecule has 0 saturated heterocycles. The number of hydrogen-bond acceptors (Lipinski definition) is 0. The standard InChI is InChI=1S/B.Cu.2Ni. The molecule has 0 saturated carbocycles. The topological polar surface area (TPSA) is 0 Å². The summed E-state index contributed by atoms with van der Waals surface area (Å²) < 4.78 is 0. The van der Waals surface area contributed by atoms with Crippen molar-refractivity contribution in [2.24, 2.45) is 0 Å². The fourth-order valence-corrected chi connectivity index (χ4v) is 0. The number of rotatable bonds is 0. The Balaban J connectivity index is 0. The fraction of sp³-hybridized carbons (Fsp3) is 0. The Kier molecular flexibility index (Phi) is 278. The van der Waals surface area contributed by atoms with Gasteiger partial charge in [0, 0.05) is 58.5 Å². The van der Waals surface area contributed by atoms with Crippen molar-refractivity contribution in [1.82, 2.24) is 0 Å². The Hall–Kier alpha value is 1.57. The van der Waals surface area contributed by atoms with Gasteiger partial charge in [0.15, 0.2) is 0 Å². The first-order valence-electron chi connectivity index (χ1n) is 0. The summed E-state index contributed by atoms with van der Waals surface area (Å²) in [7, 11) is 0. The maximum Gasteiger partial charge on any atom is 0 e. The van der Waals surface area contributed by atoms with Gasteiger partial charge in [-0.05, 0) is 0 Å². The molecule has 0 atom stereocenters. The van der Waals surface area contributed by atoms with Crippen LogP contribution in [0.5, 0.6) is 0 Å². The zero-order chi connectivity index (χ0) is 0. The van der Waals surface area contributed by atoms with Crippen molar-refractivity contribution >= 4 is 8.41 Å². The summed E-state index contributed by atoms with van der Waals surface area (Å²) in [4.78, 5) is 0. The minimum Gasteiger partial charge on any atom is 0 e. The van der Waals surface area contributed by atoms with Gasteiger partial charge in [0.05, 0.1) is 0 Å². The Morgan fingerprint density at radius 1 is 0.750 bits per heavy atom. The zero-order valence-electron chi connectivity index (χ0n) is 1.51. The van der Waals surface area contributed by atoms with Gasteiger partial charge in [-0.1, -0.05) is 0 Å². The Morgan fingerprint density at radius 2 is 0.750 bits per heavy atom. The van der Waals surface area contributed by atoms with E-state index in [0.29, 0.717) is 0 Å². The van der Waals surface area contributed by atoms with Gasteiger partial charge in [0.1, 0.15) is 0 Å². The van der Waals surface area contributed by atoms with Crippen LogP contribution in [0.3, 0.4) is 0 Å². The van der Waals surface area contributed by atoms with E-state index in [2.05, 4.69) is 0 Å². The minimum atomic E-state index is 0. The smallest absolute Gasteiger partial charge is 0 e. The van der Waals surface area contributed by atoms with Crippen molar-refractivity contribution in [3.05, 3.63) is 0 Å². The molecule has 0 rings (SSSR count). The summed E-state index contributed by atoms with van der Waals surface area (Å²) in [5.41, 5.74) is 0. The van der Waals surface area contributed by atoms with Crippen LogP contribution in [-0.2, 0) is 50.1 Å². The molecule has 34 valence electrons. The molecule has 0 aromatic carbocycles. The van der Waals surface area contributed by atoms with Gasteiger partial charge < -0.3 is 0 Å². The molecule has 0 nitrogen and oxygen atoms in total. The molecule has 4 heavy (non-hydrogen) atoms. The summed E-state index contributed by atoms with van der Waals surface area (Å²) in [6.45, 7) is 0. The third-order valence-electron chi connectivity index (χ3n) is 0. The van der Waals surface area contributed by atoms with Crippen molar-refractivity contribution in [3.63, 3.8) is 0 Å². The van der Waals surface area contributed by atoms with E-state index in [0.717, 1.165) is 0 Å². The summed E-state index contributed by atoms with van der Waals surface area (Å²) in [6.07, 6.45) is 0. The summed E-state index contributed by atoms with van der Waals surface area (Å²) in [5, 5.41) is 0. The monoisotopic (exact) mass is 190 g/mol. The molecule has 0 heterocycles. The molecule has 0 bridgehead atoms. The quantitative estimate of drug-likeness (QED) is 0.458. The van der Waals surface area contributed by atoms with Crippen molar-refractivity contribution in [2.75, 3.05) is 0 Å². The Labute approximate surface area is 58.4 Å². The predicted octanol–water partition coefficient (Wildman–Crippen LogP) is -0.388. The van der Waals surface area contributed by atoms with E-state index in [4.69, 9.17) is 0 Å². The largest absolute Gasteiger partial charge is 0 e. The molecule has 0 unspecified atom stereocenters. The van der Waals surface area contributed by atoms with E-state index >= 15 is 0 Å². The van der Waals surface area contributed by atoms with Crippen LogP contribution >= 0.6 is 0 Å². The van der Waals surface area contributed by atoms with Gasteiger partial charge in [0.2, 0.25) is 0 Å². The molecule has 0 amide bonds. The molecule has 4 heteroatoms. The first-order chi connectivity index (χ1) is 0. The van der Waals surface area contributed by atoms with E-state index in [1.165, 1.54) is 0 Å². The van der Waals surface area contributed by atoms with E-state index in [1.54, 1.807) is 0 Å². The van der Waals surface area contributed by atoms with Gasteiger partial charge in [0.25, 0.3) is 0 Å². The average molecular weight is 192 g/mol. The SMILES string of the molecule is [B].[Cu].[Ni].[Ni]. The van der Waals surface area contributed by atoms with Crippen LogP contribution in [0.15, 0.2) is 0 Å². The molecule has 0 aromatic heterocycles. The van der Waals surface area contributed by atoms with Crippen molar-refractivity contribution < 1.29 is 50.1 Å². The van der Waals surface area contributed by atoms with Crippen LogP contribution in [-0.4, -0.2) is 8.41 Å². The van der Waals surface area contributed by atoms with Gasteiger partial charge in [-0.25, -0.2) is 0 Å². The predicted molar refractivity (Wildman–Crippen MR) is 5.75 cm³/mol. The summed E-state index contributed by atoms with van der Waals surface area (Å²) in [5.74, 6) is 0. The Bertz CT molecular complexity index is 6.00. The van der Waals surface area contributed by atoms with Gasteiger partial charge >= 0.3 is 0 Å². The van der Waals surface area contributed by atoms with Crippen LogP contribution in [0.1, 0.15) is 0 Å². The van der Waals surface area contributed by atoms with Crippen LogP contribution < -0.4 is 0 Å². The molecule has 4 radical (unpaired) electrons. The maximum atomic E-state index is 0. The molecular formula is BCuNi2. The third-order valence-corrected chi connectivity index (χ3v) is 0. The summed E-state index contributed by atoms with van der Waals surface area (Å²) in [6, 6.07) is 0. The normalized spacial score (nSPS) is 0. The number of hydrogen-bond donors (Lipinski definition) is 0. The second-order valence-corrected chi connectivity index (χ2v) is 0. The van der Waals surface area contributed by atoms with Crippen LogP contribution in [0.25, 0.3) is 0 Å². The molecule has 0 aromatic rings. The molecule has 0 aliphatic heterocycles. The zero-order valence-corrected chi connectivity index (χ0v) is 4.43. The molecule has 0 N–H and O–H groups in total. The fourth-order valence-electron chi connectivity index (χ4n) is 0. The third kappa shape index (κ3) is 9.56. The molecular weight excluding hydrogens is 192 g/mol. The van der Waals surface area contributed by atoms with Gasteiger partial charge in [-0.3, -0.25) is 0 Å². The van der Waals surface area contributed by atoms with Crippen molar-refractivity contribution in [3.8, 4) is 0 Å². The second kappa shape index (κ2) is 23.6. The molecule has 0 aliphatic carbocycles. The Morgan fingerprint density at radius 3 is 0.750 bits per heavy atom. The van der Waals surface area contributed by atoms with E-state index in [1.807, 2.05) is 0 Å². The summed E-state index contributed by atoms with van der Waals surface area (Å²) >= 11 is 0. The molecule has 0 fully saturated rings. The van der Waals surface area contributed by atoms with Crippen LogP contribution in [0.4, 0.5) is 0 Å². The minimum absolute atomic E-state index is 0. The first kappa shape index (κ1) is 47.1. The van der Waals surface area contributed by atoms with Crippen molar-refractivity contribution in [2.45, 2.75) is 0 Å². The second-order valence-electron chi connectivity index (χ2n) is 0. The van der Waals surface area contributed by atoms with E-state index < -0.39 is 0 Å². The van der Waals surface area contributed by atoms with E-state index in [-0.39, 0.29) is 58.5 Å². The van der Waals surface area contributed by atoms with Gasteiger partial charge in [-0.2, -0.15) is 0 Å². The molecule has 0 aliphatic rings. The maximum absolute atomic E-state index is 0. The van der Waals surface area contributed by atoms with Gasteiger partial charge in [-0.15, -0.1) is 0 Å². The first-order valence-corrected chi connectivity index (χ1v) is 0. The van der Waals surface area contributed by atoms with Crippen LogP contribution in [0.2, 0.25) is 0 Å².